The summed E-state index contributed by atoms with van der Waals surface area (Å²) in [5.41, 5.74) is 1.98. The number of fused-ring (bicyclic) bond motifs is 1. The van der Waals surface area contributed by atoms with Gasteiger partial charge in [-0.05, 0) is 29.8 Å². The second kappa shape index (κ2) is 7.51. The molecule has 4 aromatic rings. The van der Waals surface area contributed by atoms with Crippen LogP contribution in [-0.2, 0) is 13.2 Å². The topological polar surface area (TPSA) is 80.2 Å². The van der Waals surface area contributed by atoms with Crippen molar-refractivity contribution in [3.8, 4) is 5.75 Å². The standard InChI is InChI=1S/C20H15F2N3O3/c21-15-4-2-5-16(22)19(15)27-11-13-9-18(25-28-13)20(26)24-10-12-3-1-6-17-14(12)7-8-23-17/h1-9,23H,10-11H2,(H,24,26). The summed E-state index contributed by atoms with van der Waals surface area (Å²) in [5.74, 6) is -2.42. The third-order valence-corrected chi connectivity index (χ3v) is 4.19. The third kappa shape index (κ3) is 3.57. The van der Waals surface area contributed by atoms with Gasteiger partial charge in [0.25, 0.3) is 5.91 Å². The molecular formula is C20H15F2N3O3. The molecule has 0 radical (unpaired) electrons. The average molecular weight is 383 g/mol. The number of halogens is 2. The van der Waals surface area contributed by atoms with E-state index in [-0.39, 0.29) is 18.1 Å². The minimum absolute atomic E-state index is 0.0499. The highest BCUT2D eigenvalue weighted by Gasteiger charge is 2.15. The van der Waals surface area contributed by atoms with Crippen LogP contribution in [0.3, 0.4) is 0 Å². The number of hydrogen-bond donors (Lipinski definition) is 2. The van der Waals surface area contributed by atoms with Gasteiger partial charge < -0.3 is 19.6 Å². The Kier molecular flexibility index (Phi) is 4.76. The van der Waals surface area contributed by atoms with Gasteiger partial charge in [-0.25, -0.2) is 8.78 Å². The predicted octanol–water partition coefficient (Wildman–Crippen LogP) is 3.94. The fourth-order valence-corrected chi connectivity index (χ4v) is 2.82. The molecule has 0 bridgehead atoms. The molecule has 2 aromatic carbocycles. The van der Waals surface area contributed by atoms with E-state index in [0.717, 1.165) is 28.6 Å². The van der Waals surface area contributed by atoms with Crippen molar-refractivity contribution in [3.63, 3.8) is 0 Å². The molecule has 2 aromatic heterocycles. The SMILES string of the molecule is O=C(NCc1cccc2[nH]ccc12)c1cc(COc2c(F)cccc2F)on1. The number of para-hydroxylation sites is 1. The number of H-pyrrole nitrogens is 1. The maximum atomic E-state index is 13.6. The lowest BCUT2D eigenvalue weighted by molar-refractivity contribution is 0.0941. The quantitative estimate of drug-likeness (QED) is 0.528. The Labute approximate surface area is 158 Å². The molecule has 0 fully saturated rings. The highest BCUT2D eigenvalue weighted by molar-refractivity contribution is 5.92. The van der Waals surface area contributed by atoms with Gasteiger partial charge in [-0.15, -0.1) is 0 Å². The van der Waals surface area contributed by atoms with E-state index in [1.807, 2.05) is 30.5 Å². The van der Waals surface area contributed by atoms with E-state index in [1.54, 1.807) is 0 Å². The Morgan fingerprint density at radius 2 is 1.93 bits per heavy atom. The fraction of sp³-hybridized carbons (Fsp3) is 0.100. The first-order valence-electron chi connectivity index (χ1n) is 8.47. The number of nitrogens with one attached hydrogen (secondary N) is 2. The molecular weight excluding hydrogens is 368 g/mol. The maximum absolute atomic E-state index is 13.6. The van der Waals surface area contributed by atoms with E-state index < -0.39 is 23.3 Å². The number of aromatic amines is 1. The molecule has 0 unspecified atom stereocenters. The van der Waals surface area contributed by atoms with Gasteiger partial charge in [0.2, 0.25) is 0 Å². The summed E-state index contributed by atoms with van der Waals surface area (Å²) < 4.78 is 37.2. The molecule has 28 heavy (non-hydrogen) atoms. The van der Waals surface area contributed by atoms with Crippen molar-refractivity contribution in [2.75, 3.05) is 0 Å². The van der Waals surface area contributed by atoms with E-state index >= 15 is 0 Å². The molecule has 1 amide bonds. The molecule has 0 atom stereocenters. The number of hydrogen-bond acceptors (Lipinski definition) is 4. The monoisotopic (exact) mass is 383 g/mol. The molecule has 0 saturated carbocycles. The average Bonchev–Trinajstić information content (AvgIpc) is 3.35. The number of amides is 1. The van der Waals surface area contributed by atoms with Crippen molar-refractivity contribution in [3.05, 3.63) is 83.4 Å². The highest BCUT2D eigenvalue weighted by Crippen LogP contribution is 2.22. The zero-order valence-electron chi connectivity index (χ0n) is 14.5. The Bertz CT molecular complexity index is 1120. The summed E-state index contributed by atoms with van der Waals surface area (Å²) in [4.78, 5) is 15.4. The largest absolute Gasteiger partial charge is 0.479 e. The van der Waals surface area contributed by atoms with Crippen LogP contribution >= 0.6 is 0 Å². The van der Waals surface area contributed by atoms with Crippen LogP contribution in [0, 0.1) is 11.6 Å². The fourth-order valence-electron chi connectivity index (χ4n) is 2.82. The van der Waals surface area contributed by atoms with Gasteiger partial charge in [-0.2, -0.15) is 0 Å². The number of ether oxygens (including phenoxy) is 1. The molecule has 0 spiro atoms. The minimum atomic E-state index is -0.823. The summed E-state index contributed by atoms with van der Waals surface area (Å²) in [6.45, 7) is 0.0496. The second-order valence-electron chi connectivity index (χ2n) is 6.06. The first-order valence-corrected chi connectivity index (χ1v) is 8.47. The van der Waals surface area contributed by atoms with E-state index in [4.69, 9.17) is 9.26 Å². The molecule has 6 nitrogen and oxygen atoms in total. The number of nitrogens with zero attached hydrogens (tertiary/aromatic N) is 1. The van der Waals surface area contributed by atoms with E-state index in [9.17, 15) is 13.6 Å². The van der Waals surface area contributed by atoms with Crippen molar-refractivity contribution in [2.45, 2.75) is 13.2 Å². The van der Waals surface area contributed by atoms with Crippen molar-refractivity contribution in [1.29, 1.82) is 0 Å². The Balaban J connectivity index is 1.38. The van der Waals surface area contributed by atoms with Crippen LogP contribution in [0.5, 0.6) is 5.75 Å². The van der Waals surface area contributed by atoms with Gasteiger partial charge in [0.15, 0.2) is 28.8 Å². The van der Waals surface area contributed by atoms with E-state index in [1.165, 1.54) is 12.1 Å². The lowest BCUT2D eigenvalue weighted by Gasteiger charge is -2.05. The van der Waals surface area contributed by atoms with E-state index in [0.29, 0.717) is 6.54 Å². The zero-order chi connectivity index (χ0) is 19.5. The van der Waals surface area contributed by atoms with Gasteiger partial charge in [0, 0.05) is 29.7 Å². The van der Waals surface area contributed by atoms with Gasteiger partial charge in [-0.1, -0.05) is 23.4 Å². The third-order valence-electron chi connectivity index (χ3n) is 4.19. The number of benzene rings is 2. The van der Waals surface area contributed by atoms with Crippen LogP contribution in [0.25, 0.3) is 10.9 Å². The number of carbonyl (C=O) groups excluding carboxylic acids is 1. The molecule has 2 heterocycles. The summed E-state index contributed by atoms with van der Waals surface area (Å²) in [7, 11) is 0. The van der Waals surface area contributed by atoms with Crippen LogP contribution in [0.2, 0.25) is 0 Å². The first kappa shape index (κ1) is 17.7. The number of aromatic nitrogens is 2. The maximum Gasteiger partial charge on any atom is 0.273 e. The number of carbonyl (C=O) groups is 1. The zero-order valence-corrected chi connectivity index (χ0v) is 14.5. The van der Waals surface area contributed by atoms with Gasteiger partial charge >= 0.3 is 0 Å². The van der Waals surface area contributed by atoms with Crippen molar-refractivity contribution < 1.29 is 22.8 Å². The van der Waals surface area contributed by atoms with Gasteiger partial charge in [-0.3, -0.25) is 4.79 Å². The predicted molar refractivity (Wildman–Crippen MR) is 96.7 cm³/mol. The molecule has 4 rings (SSSR count). The molecule has 0 aliphatic carbocycles. The molecule has 0 aliphatic rings. The van der Waals surface area contributed by atoms with Crippen LogP contribution < -0.4 is 10.1 Å². The smallest absolute Gasteiger partial charge is 0.273 e. The number of rotatable bonds is 6. The second-order valence-corrected chi connectivity index (χ2v) is 6.06. The first-order chi connectivity index (χ1) is 13.6. The van der Waals surface area contributed by atoms with Gasteiger partial charge in [0.05, 0.1) is 0 Å². The summed E-state index contributed by atoms with van der Waals surface area (Å²) in [6, 6.07) is 12.5. The van der Waals surface area contributed by atoms with Gasteiger partial charge in [0.1, 0.15) is 6.61 Å². The Morgan fingerprint density at radius 1 is 1.14 bits per heavy atom. The highest BCUT2D eigenvalue weighted by atomic mass is 19.1. The molecule has 0 saturated heterocycles. The van der Waals surface area contributed by atoms with Crippen LogP contribution in [-0.4, -0.2) is 16.0 Å². The lowest BCUT2D eigenvalue weighted by atomic mass is 10.1. The Morgan fingerprint density at radius 3 is 2.75 bits per heavy atom. The van der Waals surface area contributed by atoms with Crippen molar-refractivity contribution >= 4 is 16.8 Å². The molecule has 142 valence electrons. The van der Waals surface area contributed by atoms with Crippen LogP contribution in [0.1, 0.15) is 21.8 Å². The van der Waals surface area contributed by atoms with Crippen LogP contribution in [0.4, 0.5) is 8.78 Å². The normalized spacial score (nSPS) is 10.9. The summed E-state index contributed by atoms with van der Waals surface area (Å²) in [6.07, 6.45) is 1.83. The van der Waals surface area contributed by atoms with Crippen molar-refractivity contribution in [2.24, 2.45) is 0 Å². The minimum Gasteiger partial charge on any atom is -0.479 e. The Hall–Kier alpha value is -3.68. The molecule has 0 aliphatic heterocycles. The van der Waals surface area contributed by atoms with E-state index in [2.05, 4.69) is 15.5 Å². The molecule has 8 heteroatoms. The summed E-state index contributed by atoms with van der Waals surface area (Å²) in [5, 5.41) is 7.46. The summed E-state index contributed by atoms with van der Waals surface area (Å²) >= 11 is 0. The van der Waals surface area contributed by atoms with Crippen LogP contribution in [0.15, 0.2) is 59.3 Å². The van der Waals surface area contributed by atoms with Crippen molar-refractivity contribution in [1.82, 2.24) is 15.5 Å². The molecule has 2 N–H and O–H groups in total. The lowest BCUT2D eigenvalue weighted by Crippen LogP contribution is -2.23.